The molecule has 1 spiro atoms. The van der Waals surface area contributed by atoms with Crippen LogP contribution in [0.3, 0.4) is 0 Å². The fourth-order valence-electron chi connectivity index (χ4n) is 4.96. The average molecular weight is 450 g/mol. The van der Waals surface area contributed by atoms with Gasteiger partial charge in [0.05, 0.1) is 28.9 Å². The van der Waals surface area contributed by atoms with Crippen LogP contribution in [0.1, 0.15) is 41.6 Å². The van der Waals surface area contributed by atoms with Crippen molar-refractivity contribution in [2.75, 3.05) is 36.1 Å². The average Bonchev–Trinajstić information content (AvgIpc) is 2.95. The van der Waals surface area contributed by atoms with E-state index in [0.29, 0.717) is 36.5 Å². The molecule has 3 aromatic rings. The summed E-state index contributed by atoms with van der Waals surface area (Å²) in [7, 11) is 0. The Morgan fingerprint density at radius 2 is 2.06 bits per heavy atom. The van der Waals surface area contributed by atoms with Crippen LogP contribution in [-0.4, -0.2) is 40.3 Å². The van der Waals surface area contributed by atoms with E-state index in [1.165, 1.54) is 6.20 Å². The summed E-state index contributed by atoms with van der Waals surface area (Å²) in [5.41, 5.74) is 7.68. The van der Waals surface area contributed by atoms with Crippen molar-refractivity contribution in [3.8, 4) is 5.75 Å². The Bertz CT molecular complexity index is 1300. The first kappa shape index (κ1) is 21.1. The Labute approximate surface area is 190 Å². The first-order valence-electron chi connectivity index (χ1n) is 11.2. The van der Waals surface area contributed by atoms with Crippen molar-refractivity contribution in [1.29, 1.82) is 0 Å². The third-order valence-electron chi connectivity index (χ3n) is 6.94. The molecule has 0 amide bonds. The molecule has 0 atom stereocenters. The zero-order chi connectivity index (χ0) is 23.2. The normalized spacial score (nSPS) is 16.0. The number of aromatic nitrogens is 2. The summed E-state index contributed by atoms with van der Waals surface area (Å²) in [6.45, 7) is 3.49. The molecule has 9 nitrogen and oxygen atoms in total. The number of anilines is 3. The number of nitrogens with two attached hydrogens (primary N) is 1. The molecular weight excluding hydrogens is 422 g/mol. The number of aromatic carboxylic acids is 1. The maximum Gasteiger partial charge on any atom is 0.341 e. The lowest BCUT2D eigenvalue weighted by atomic mass is 9.74. The highest BCUT2D eigenvalue weighted by Gasteiger charge is 2.42. The van der Waals surface area contributed by atoms with Crippen LogP contribution in [0.2, 0.25) is 0 Å². The zero-order valence-corrected chi connectivity index (χ0v) is 18.5. The van der Waals surface area contributed by atoms with Gasteiger partial charge in [-0.15, -0.1) is 0 Å². The number of hydrogen-bond donors (Lipinski definition) is 4. The first-order chi connectivity index (χ1) is 15.9. The van der Waals surface area contributed by atoms with Crippen molar-refractivity contribution in [2.45, 2.75) is 38.1 Å². The number of nitrogens with zero attached hydrogens (tertiary/aromatic N) is 2. The Balaban J connectivity index is 1.61. The molecule has 0 saturated heterocycles. The maximum absolute atomic E-state index is 13.2. The third kappa shape index (κ3) is 3.35. The zero-order valence-electron chi connectivity index (χ0n) is 18.5. The third-order valence-corrected chi connectivity index (χ3v) is 6.94. The first-order valence-corrected chi connectivity index (χ1v) is 11.2. The number of benzene rings is 1. The molecule has 2 aromatic heterocycles. The second-order valence-electron chi connectivity index (χ2n) is 8.76. The van der Waals surface area contributed by atoms with E-state index in [1.54, 1.807) is 6.20 Å². The van der Waals surface area contributed by atoms with Gasteiger partial charge in [-0.2, -0.15) is 0 Å². The van der Waals surface area contributed by atoms with Crippen LogP contribution >= 0.6 is 0 Å². The van der Waals surface area contributed by atoms with Crippen molar-refractivity contribution >= 4 is 34.1 Å². The lowest BCUT2D eigenvalue weighted by molar-refractivity contribution is 0.0691. The molecule has 1 aliphatic heterocycles. The van der Waals surface area contributed by atoms with E-state index in [9.17, 15) is 14.7 Å². The minimum absolute atomic E-state index is 0.229. The number of carbonyl (C=O) groups is 1. The second kappa shape index (κ2) is 7.99. The van der Waals surface area contributed by atoms with Gasteiger partial charge < -0.3 is 30.8 Å². The van der Waals surface area contributed by atoms with Crippen molar-refractivity contribution in [3.05, 3.63) is 51.9 Å². The summed E-state index contributed by atoms with van der Waals surface area (Å²) < 4.78 is 8.20. The molecule has 0 unspecified atom stereocenters. The van der Waals surface area contributed by atoms with Crippen LogP contribution < -0.4 is 26.5 Å². The Morgan fingerprint density at radius 1 is 1.27 bits per heavy atom. The number of rotatable bonds is 6. The summed E-state index contributed by atoms with van der Waals surface area (Å²) in [6.07, 6.45) is 6.85. The van der Waals surface area contributed by atoms with Crippen LogP contribution in [0, 0.1) is 6.92 Å². The van der Waals surface area contributed by atoms with Gasteiger partial charge in [0.1, 0.15) is 11.4 Å². The van der Waals surface area contributed by atoms with Gasteiger partial charge in [0, 0.05) is 37.4 Å². The molecule has 1 saturated carbocycles. The SMILES string of the molecule is Cc1c(NCCNc2ccccn2)c2c3c(c1N)c(=O)c(C(=O)O)cn3C1(CCC1)CCO2. The number of ether oxygens (including phenoxy) is 1. The lowest BCUT2D eigenvalue weighted by Crippen LogP contribution is -2.42. The summed E-state index contributed by atoms with van der Waals surface area (Å²) in [5.74, 6) is 0.101. The molecule has 0 bridgehead atoms. The fraction of sp³-hybridized carbons (Fsp3) is 0.375. The molecule has 5 rings (SSSR count). The predicted molar refractivity (Wildman–Crippen MR) is 127 cm³/mol. The smallest absolute Gasteiger partial charge is 0.341 e. The number of fused-ring (bicyclic) bond motifs is 1. The Kier molecular flexibility index (Phi) is 5.11. The highest BCUT2D eigenvalue weighted by atomic mass is 16.5. The molecule has 1 fully saturated rings. The Hall–Kier alpha value is -3.75. The van der Waals surface area contributed by atoms with E-state index < -0.39 is 11.4 Å². The van der Waals surface area contributed by atoms with E-state index in [1.807, 2.05) is 29.7 Å². The van der Waals surface area contributed by atoms with Crippen LogP contribution in [0.4, 0.5) is 17.2 Å². The summed E-state index contributed by atoms with van der Waals surface area (Å²) in [5, 5.41) is 16.6. The van der Waals surface area contributed by atoms with Gasteiger partial charge in [-0.05, 0) is 43.9 Å². The second-order valence-corrected chi connectivity index (χ2v) is 8.76. The summed E-state index contributed by atoms with van der Waals surface area (Å²) in [6, 6.07) is 5.67. The van der Waals surface area contributed by atoms with Crippen molar-refractivity contribution < 1.29 is 14.6 Å². The van der Waals surface area contributed by atoms with Crippen LogP contribution in [-0.2, 0) is 5.54 Å². The molecule has 3 heterocycles. The topological polar surface area (TPSA) is 131 Å². The molecule has 9 heteroatoms. The van der Waals surface area contributed by atoms with E-state index in [0.717, 1.165) is 37.2 Å². The summed E-state index contributed by atoms with van der Waals surface area (Å²) in [4.78, 5) is 29.3. The van der Waals surface area contributed by atoms with Gasteiger partial charge in [0.2, 0.25) is 5.43 Å². The van der Waals surface area contributed by atoms with E-state index >= 15 is 0 Å². The lowest BCUT2D eigenvalue weighted by Gasteiger charge is -2.44. The molecule has 1 aliphatic carbocycles. The number of pyridine rings is 2. The molecule has 5 N–H and O–H groups in total. The highest BCUT2D eigenvalue weighted by Crippen LogP contribution is 2.50. The molecule has 2 aliphatic rings. The standard InChI is InChI=1S/C24H27N5O4/c1-14-18(25)17-20-22(19(14)28-11-10-27-16-5-2-3-9-26-16)33-12-8-24(6-4-7-24)29(20)13-15(21(17)30)23(31)32/h2-3,5,9,13,28H,4,6-8,10-12,25H2,1H3,(H,26,27)(H,31,32). The van der Waals surface area contributed by atoms with Gasteiger partial charge in [-0.3, -0.25) is 4.79 Å². The highest BCUT2D eigenvalue weighted by molar-refractivity contribution is 6.04. The van der Waals surface area contributed by atoms with E-state index in [4.69, 9.17) is 10.5 Å². The number of nitrogen functional groups attached to an aromatic ring is 1. The fourth-order valence-corrected chi connectivity index (χ4v) is 4.96. The minimum atomic E-state index is -1.24. The van der Waals surface area contributed by atoms with Gasteiger partial charge in [0.15, 0.2) is 5.75 Å². The van der Waals surface area contributed by atoms with Crippen LogP contribution in [0.5, 0.6) is 5.75 Å². The Morgan fingerprint density at radius 3 is 2.73 bits per heavy atom. The quantitative estimate of drug-likeness (QED) is 0.333. The van der Waals surface area contributed by atoms with E-state index in [-0.39, 0.29) is 22.2 Å². The number of nitrogens with one attached hydrogen (secondary N) is 2. The number of carboxylic acids is 1. The van der Waals surface area contributed by atoms with Gasteiger partial charge in [0.25, 0.3) is 0 Å². The van der Waals surface area contributed by atoms with Crippen LogP contribution in [0.15, 0.2) is 35.4 Å². The molecule has 0 radical (unpaired) electrons. The van der Waals surface area contributed by atoms with E-state index in [2.05, 4.69) is 15.6 Å². The van der Waals surface area contributed by atoms with Gasteiger partial charge in [-0.1, -0.05) is 6.07 Å². The molecular formula is C24H27N5O4. The molecule has 1 aromatic carbocycles. The number of hydrogen-bond acceptors (Lipinski definition) is 7. The molecule has 33 heavy (non-hydrogen) atoms. The van der Waals surface area contributed by atoms with Gasteiger partial charge in [-0.25, -0.2) is 9.78 Å². The largest absolute Gasteiger partial charge is 0.489 e. The monoisotopic (exact) mass is 449 g/mol. The van der Waals surface area contributed by atoms with Crippen molar-refractivity contribution in [1.82, 2.24) is 9.55 Å². The maximum atomic E-state index is 13.2. The molecule has 172 valence electrons. The summed E-state index contributed by atoms with van der Waals surface area (Å²) >= 11 is 0. The van der Waals surface area contributed by atoms with Gasteiger partial charge >= 0.3 is 5.97 Å². The predicted octanol–water partition coefficient (Wildman–Crippen LogP) is 3.17. The van der Waals surface area contributed by atoms with Crippen LogP contribution in [0.25, 0.3) is 10.9 Å². The number of carboxylic acid groups (broad SMARTS) is 1. The minimum Gasteiger partial charge on any atom is -0.489 e. The van der Waals surface area contributed by atoms with Crippen molar-refractivity contribution in [2.24, 2.45) is 0 Å². The van der Waals surface area contributed by atoms with Crippen molar-refractivity contribution in [3.63, 3.8) is 0 Å².